The molecule has 1 fully saturated rings. The molecule has 1 aromatic carbocycles. The Labute approximate surface area is 162 Å². The van der Waals surface area contributed by atoms with Crippen molar-refractivity contribution in [2.45, 2.75) is 13.8 Å². The number of amides is 2. The Morgan fingerprint density at radius 2 is 1.59 bits per heavy atom. The fraction of sp³-hybridized carbons (Fsp3) is 0.350. The van der Waals surface area contributed by atoms with Crippen LogP contribution in [-0.4, -0.2) is 60.2 Å². The van der Waals surface area contributed by atoms with E-state index in [1.165, 1.54) is 18.3 Å². The fourth-order valence-electron chi connectivity index (χ4n) is 2.89. The number of ketones is 1. The van der Waals surface area contributed by atoms with E-state index in [0.717, 1.165) is 9.75 Å². The lowest BCUT2D eigenvalue weighted by Crippen LogP contribution is -2.51. The molecular weight excluding hydrogens is 364 g/mol. The van der Waals surface area contributed by atoms with Gasteiger partial charge in [-0.1, -0.05) is 0 Å². The summed E-state index contributed by atoms with van der Waals surface area (Å²) in [5.74, 6) is 0.463. The summed E-state index contributed by atoms with van der Waals surface area (Å²) in [6, 6.07) is 10.5. The Hall–Kier alpha value is -2.67. The van der Waals surface area contributed by atoms with Crippen LogP contribution in [0.25, 0.3) is 0 Å². The monoisotopic (exact) mass is 386 g/mol. The summed E-state index contributed by atoms with van der Waals surface area (Å²) >= 11 is 1.49. The van der Waals surface area contributed by atoms with Gasteiger partial charge in [0.2, 0.25) is 0 Å². The van der Waals surface area contributed by atoms with E-state index >= 15 is 0 Å². The topological polar surface area (TPSA) is 66.9 Å². The third-order valence-corrected chi connectivity index (χ3v) is 5.48. The van der Waals surface area contributed by atoms with Gasteiger partial charge in [-0.05, 0) is 50.2 Å². The fourth-order valence-corrected chi connectivity index (χ4v) is 3.72. The molecule has 0 unspecified atom stereocenters. The highest BCUT2D eigenvalue weighted by Gasteiger charge is 2.25. The molecule has 1 aromatic heterocycles. The number of thiophene rings is 1. The van der Waals surface area contributed by atoms with E-state index in [2.05, 4.69) is 0 Å². The maximum atomic E-state index is 12.5. The molecule has 1 saturated heterocycles. The minimum absolute atomic E-state index is 0.0113. The second kappa shape index (κ2) is 8.35. The van der Waals surface area contributed by atoms with Crippen molar-refractivity contribution in [2.24, 2.45) is 0 Å². The molecule has 0 saturated carbocycles. The van der Waals surface area contributed by atoms with Gasteiger partial charge in [0.25, 0.3) is 11.8 Å². The lowest BCUT2D eigenvalue weighted by atomic mass is 10.1. The van der Waals surface area contributed by atoms with E-state index in [1.807, 2.05) is 19.1 Å². The van der Waals surface area contributed by atoms with Crippen molar-refractivity contribution < 1.29 is 19.1 Å². The molecule has 27 heavy (non-hydrogen) atoms. The standard InChI is InChI=1S/C20H22N2O4S/c1-14-3-8-18(27-14)20(25)22-11-9-21(10-12-22)19(24)13-26-17-6-4-16(5-7-17)15(2)23/h3-8H,9-13H2,1-2H3. The summed E-state index contributed by atoms with van der Waals surface area (Å²) in [6.45, 7) is 5.47. The Morgan fingerprint density at radius 1 is 0.963 bits per heavy atom. The number of piperazine rings is 1. The molecule has 0 atom stereocenters. The van der Waals surface area contributed by atoms with Crippen LogP contribution in [0.15, 0.2) is 36.4 Å². The number of carbonyl (C=O) groups is 3. The highest BCUT2D eigenvalue weighted by molar-refractivity contribution is 7.13. The molecule has 0 bridgehead atoms. The molecular formula is C20H22N2O4S. The van der Waals surface area contributed by atoms with Crippen LogP contribution in [-0.2, 0) is 4.79 Å². The van der Waals surface area contributed by atoms with Gasteiger partial charge in [-0.2, -0.15) is 0 Å². The molecule has 1 aliphatic rings. The maximum Gasteiger partial charge on any atom is 0.264 e. The van der Waals surface area contributed by atoms with Crippen LogP contribution >= 0.6 is 11.3 Å². The van der Waals surface area contributed by atoms with E-state index < -0.39 is 0 Å². The minimum Gasteiger partial charge on any atom is -0.484 e. The van der Waals surface area contributed by atoms with Crippen molar-refractivity contribution in [1.82, 2.24) is 9.80 Å². The van der Waals surface area contributed by atoms with Crippen LogP contribution in [0.5, 0.6) is 5.75 Å². The molecule has 0 radical (unpaired) electrons. The molecule has 1 aliphatic heterocycles. The lowest BCUT2D eigenvalue weighted by molar-refractivity contribution is -0.134. The van der Waals surface area contributed by atoms with E-state index in [0.29, 0.717) is 37.5 Å². The van der Waals surface area contributed by atoms with Gasteiger partial charge in [-0.25, -0.2) is 0 Å². The van der Waals surface area contributed by atoms with E-state index in [4.69, 9.17) is 4.74 Å². The second-order valence-corrected chi connectivity index (χ2v) is 7.74. The van der Waals surface area contributed by atoms with Gasteiger partial charge < -0.3 is 14.5 Å². The van der Waals surface area contributed by atoms with Crippen molar-refractivity contribution in [1.29, 1.82) is 0 Å². The predicted molar refractivity (Wildman–Crippen MR) is 103 cm³/mol. The van der Waals surface area contributed by atoms with Crippen molar-refractivity contribution >= 4 is 28.9 Å². The van der Waals surface area contributed by atoms with Gasteiger partial charge >= 0.3 is 0 Å². The van der Waals surface area contributed by atoms with Gasteiger partial charge in [0, 0.05) is 36.6 Å². The van der Waals surface area contributed by atoms with E-state index in [9.17, 15) is 14.4 Å². The first-order valence-corrected chi connectivity index (χ1v) is 9.63. The van der Waals surface area contributed by atoms with Crippen LogP contribution in [0.1, 0.15) is 31.8 Å². The molecule has 2 heterocycles. The summed E-state index contributed by atoms with van der Waals surface area (Å²) in [6.07, 6.45) is 0. The summed E-state index contributed by atoms with van der Waals surface area (Å²) in [7, 11) is 0. The van der Waals surface area contributed by atoms with Gasteiger partial charge in [0.15, 0.2) is 12.4 Å². The molecule has 2 aromatic rings. The van der Waals surface area contributed by atoms with Crippen LogP contribution in [0.3, 0.4) is 0 Å². The molecule has 7 heteroatoms. The quantitative estimate of drug-likeness (QED) is 0.741. The number of ether oxygens (including phenoxy) is 1. The first-order chi connectivity index (χ1) is 12.9. The lowest BCUT2D eigenvalue weighted by Gasteiger charge is -2.34. The zero-order valence-electron chi connectivity index (χ0n) is 15.4. The summed E-state index contributed by atoms with van der Waals surface area (Å²) in [4.78, 5) is 41.4. The first kappa shape index (κ1) is 19.1. The molecule has 6 nitrogen and oxygen atoms in total. The van der Waals surface area contributed by atoms with E-state index in [-0.39, 0.29) is 24.2 Å². The molecule has 0 aliphatic carbocycles. The van der Waals surface area contributed by atoms with Crippen molar-refractivity contribution in [3.05, 3.63) is 51.7 Å². The van der Waals surface area contributed by atoms with Gasteiger partial charge in [-0.3, -0.25) is 14.4 Å². The van der Waals surface area contributed by atoms with Gasteiger partial charge in [0.05, 0.1) is 4.88 Å². The van der Waals surface area contributed by atoms with Crippen LogP contribution in [0, 0.1) is 6.92 Å². The molecule has 3 rings (SSSR count). The minimum atomic E-state index is -0.107. The van der Waals surface area contributed by atoms with E-state index in [1.54, 1.807) is 34.1 Å². The summed E-state index contributed by atoms with van der Waals surface area (Å²) in [5.41, 5.74) is 0.607. The summed E-state index contributed by atoms with van der Waals surface area (Å²) in [5, 5.41) is 0. The Morgan fingerprint density at radius 3 is 2.15 bits per heavy atom. The highest BCUT2D eigenvalue weighted by Crippen LogP contribution is 2.18. The highest BCUT2D eigenvalue weighted by atomic mass is 32.1. The van der Waals surface area contributed by atoms with Crippen LogP contribution in [0.2, 0.25) is 0 Å². The van der Waals surface area contributed by atoms with Gasteiger partial charge in [-0.15, -0.1) is 11.3 Å². The number of hydrogen-bond acceptors (Lipinski definition) is 5. The zero-order chi connectivity index (χ0) is 19.4. The number of carbonyl (C=O) groups excluding carboxylic acids is 3. The van der Waals surface area contributed by atoms with Gasteiger partial charge in [0.1, 0.15) is 5.75 Å². The molecule has 0 N–H and O–H groups in total. The van der Waals surface area contributed by atoms with Crippen molar-refractivity contribution in [3.8, 4) is 5.75 Å². The number of rotatable bonds is 5. The summed E-state index contributed by atoms with van der Waals surface area (Å²) < 4.78 is 5.52. The first-order valence-electron chi connectivity index (χ1n) is 8.81. The Kier molecular flexibility index (Phi) is 5.91. The number of nitrogens with zero attached hydrogens (tertiary/aromatic N) is 2. The number of benzene rings is 1. The number of Topliss-reactive ketones (excluding diaryl/α,β-unsaturated/α-hetero) is 1. The Bertz CT molecular complexity index is 836. The molecule has 142 valence electrons. The predicted octanol–water partition coefficient (Wildman–Crippen LogP) is 2.62. The number of hydrogen-bond donors (Lipinski definition) is 0. The van der Waals surface area contributed by atoms with Crippen LogP contribution in [0.4, 0.5) is 0 Å². The number of aryl methyl sites for hydroxylation is 1. The third-order valence-electron chi connectivity index (χ3n) is 4.49. The average molecular weight is 386 g/mol. The van der Waals surface area contributed by atoms with Crippen molar-refractivity contribution in [3.63, 3.8) is 0 Å². The third kappa shape index (κ3) is 4.74. The SMILES string of the molecule is CC(=O)c1ccc(OCC(=O)N2CCN(C(=O)c3ccc(C)s3)CC2)cc1. The largest absolute Gasteiger partial charge is 0.484 e. The maximum absolute atomic E-state index is 12.5. The molecule has 2 amide bonds. The Balaban J connectivity index is 1.47. The average Bonchev–Trinajstić information content (AvgIpc) is 3.12. The normalized spacial score (nSPS) is 14.1. The van der Waals surface area contributed by atoms with Crippen LogP contribution < -0.4 is 4.74 Å². The second-order valence-electron chi connectivity index (χ2n) is 6.45. The zero-order valence-corrected chi connectivity index (χ0v) is 16.3. The van der Waals surface area contributed by atoms with Crippen molar-refractivity contribution in [2.75, 3.05) is 32.8 Å². The molecule has 0 spiro atoms. The smallest absolute Gasteiger partial charge is 0.264 e.